The molecule has 0 bridgehead atoms. The fraction of sp³-hybridized carbons (Fsp3) is 0.200. The lowest BCUT2D eigenvalue weighted by molar-refractivity contribution is 0.989. The first-order valence-corrected chi connectivity index (χ1v) is 4.89. The predicted octanol–water partition coefficient (Wildman–Crippen LogP) is 2.82. The summed E-state index contributed by atoms with van der Waals surface area (Å²) in [7, 11) is 0. The second-order valence-electron chi connectivity index (χ2n) is 2.79. The Balaban J connectivity index is 0.000000845. The number of benzene rings is 1. The second-order valence-corrected chi connectivity index (χ2v) is 3.96. The molecule has 0 saturated carbocycles. The largest absolute Gasteiger partial charge is 0.330 e. The van der Waals surface area contributed by atoms with E-state index in [4.69, 9.17) is 5.73 Å². The average molecular weight is 214 g/mol. The monoisotopic (exact) mass is 213 g/mol. The molecule has 1 heterocycles. The highest BCUT2D eigenvalue weighted by atomic mass is 35.5. The van der Waals surface area contributed by atoms with Gasteiger partial charge in [-0.2, -0.15) is 0 Å². The van der Waals surface area contributed by atoms with Crippen molar-refractivity contribution < 1.29 is 0 Å². The van der Waals surface area contributed by atoms with Crippen molar-refractivity contribution in [2.75, 3.05) is 6.54 Å². The Labute approximate surface area is 88.0 Å². The molecule has 0 amide bonds. The number of halogens is 1. The first-order chi connectivity index (χ1) is 5.90. The van der Waals surface area contributed by atoms with E-state index in [0.29, 0.717) is 0 Å². The quantitative estimate of drug-likeness (QED) is 0.816. The molecule has 13 heavy (non-hydrogen) atoms. The number of hydrogen-bond acceptors (Lipinski definition) is 2. The summed E-state index contributed by atoms with van der Waals surface area (Å²) in [6.07, 6.45) is 0.999. The van der Waals surface area contributed by atoms with Gasteiger partial charge in [-0.25, -0.2) is 0 Å². The molecular weight excluding hydrogens is 202 g/mol. The highest BCUT2D eigenvalue weighted by Gasteiger charge is 1.98. The molecule has 0 aliphatic rings. The summed E-state index contributed by atoms with van der Waals surface area (Å²) in [4.78, 5) is 1.39. The van der Waals surface area contributed by atoms with E-state index in [0.717, 1.165) is 13.0 Å². The third-order valence-corrected chi connectivity index (χ3v) is 3.04. The van der Waals surface area contributed by atoms with Gasteiger partial charge in [0.05, 0.1) is 0 Å². The Morgan fingerprint density at radius 2 is 2.00 bits per heavy atom. The van der Waals surface area contributed by atoms with Crippen LogP contribution in [0.2, 0.25) is 0 Å². The number of fused-ring (bicyclic) bond motifs is 1. The van der Waals surface area contributed by atoms with Crippen LogP contribution in [0.3, 0.4) is 0 Å². The van der Waals surface area contributed by atoms with Crippen molar-refractivity contribution in [3.63, 3.8) is 0 Å². The van der Waals surface area contributed by atoms with E-state index in [1.807, 2.05) is 11.3 Å². The molecule has 0 spiro atoms. The van der Waals surface area contributed by atoms with Crippen molar-refractivity contribution in [1.82, 2.24) is 0 Å². The highest BCUT2D eigenvalue weighted by Crippen LogP contribution is 2.24. The zero-order valence-corrected chi connectivity index (χ0v) is 8.83. The normalized spacial score (nSPS) is 9.92. The van der Waals surface area contributed by atoms with Crippen LogP contribution in [-0.2, 0) is 6.42 Å². The zero-order chi connectivity index (χ0) is 8.39. The number of hydrogen-bond donors (Lipinski definition) is 1. The molecule has 2 rings (SSSR count). The SMILES string of the molecule is Cl.NCCc1cc2ccccc2s1. The molecule has 1 nitrogen and oxygen atoms in total. The fourth-order valence-corrected chi connectivity index (χ4v) is 2.38. The van der Waals surface area contributed by atoms with Gasteiger partial charge in [-0.1, -0.05) is 18.2 Å². The van der Waals surface area contributed by atoms with Gasteiger partial charge in [-0.3, -0.25) is 0 Å². The minimum atomic E-state index is 0. The minimum absolute atomic E-state index is 0. The maximum absolute atomic E-state index is 5.49. The summed E-state index contributed by atoms with van der Waals surface area (Å²) >= 11 is 1.84. The van der Waals surface area contributed by atoms with Crippen molar-refractivity contribution in [2.24, 2.45) is 5.73 Å². The van der Waals surface area contributed by atoms with E-state index in [1.165, 1.54) is 15.0 Å². The molecule has 1 aromatic carbocycles. The predicted molar refractivity (Wildman–Crippen MR) is 61.8 cm³/mol. The molecule has 0 aliphatic heterocycles. The number of thiophene rings is 1. The van der Waals surface area contributed by atoms with E-state index >= 15 is 0 Å². The molecule has 0 unspecified atom stereocenters. The van der Waals surface area contributed by atoms with Gasteiger partial charge in [0.2, 0.25) is 0 Å². The van der Waals surface area contributed by atoms with Gasteiger partial charge in [0, 0.05) is 9.58 Å². The van der Waals surface area contributed by atoms with Gasteiger partial charge in [-0.15, -0.1) is 23.7 Å². The Morgan fingerprint density at radius 3 is 2.69 bits per heavy atom. The lowest BCUT2D eigenvalue weighted by Gasteiger charge is -1.86. The smallest absolute Gasteiger partial charge is 0.0345 e. The van der Waals surface area contributed by atoms with Gasteiger partial charge in [0.1, 0.15) is 0 Å². The van der Waals surface area contributed by atoms with Crippen LogP contribution in [0.25, 0.3) is 10.1 Å². The Kier molecular flexibility index (Phi) is 3.72. The van der Waals surface area contributed by atoms with Crippen molar-refractivity contribution in [1.29, 1.82) is 0 Å². The summed E-state index contributed by atoms with van der Waals surface area (Å²) in [5.74, 6) is 0. The standard InChI is InChI=1S/C10H11NS.ClH/c11-6-5-9-7-8-3-1-2-4-10(8)12-9;/h1-4,7H,5-6,11H2;1H. The average Bonchev–Trinajstić information content (AvgIpc) is 2.47. The van der Waals surface area contributed by atoms with Crippen LogP contribution in [0.1, 0.15) is 4.88 Å². The van der Waals surface area contributed by atoms with Crippen LogP contribution < -0.4 is 5.73 Å². The van der Waals surface area contributed by atoms with E-state index in [-0.39, 0.29) is 12.4 Å². The summed E-state index contributed by atoms with van der Waals surface area (Å²) in [5.41, 5.74) is 5.49. The molecule has 0 radical (unpaired) electrons. The third kappa shape index (κ3) is 2.21. The summed E-state index contributed by atoms with van der Waals surface area (Å²) in [5, 5.41) is 1.34. The molecule has 70 valence electrons. The topological polar surface area (TPSA) is 26.0 Å². The molecule has 0 aliphatic carbocycles. The Bertz CT molecular complexity index is 350. The van der Waals surface area contributed by atoms with Crippen LogP contribution in [0, 0.1) is 0 Å². The highest BCUT2D eigenvalue weighted by molar-refractivity contribution is 7.19. The van der Waals surface area contributed by atoms with Crippen molar-refractivity contribution in [3.05, 3.63) is 35.2 Å². The third-order valence-electron chi connectivity index (χ3n) is 1.87. The zero-order valence-electron chi connectivity index (χ0n) is 7.19. The van der Waals surface area contributed by atoms with Crippen molar-refractivity contribution in [2.45, 2.75) is 6.42 Å². The van der Waals surface area contributed by atoms with Gasteiger partial charge in [0.25, 0.3) is 0 Å². The lowest BCUT2D eigenvalue weighted by Crippen LogP contribution is -2.00. The second kappa shape index (κ2) is 4.61. The molecule has 2 N–H and O–H groups in total. The maximum atomic E-state index is 5.49. The fourth-order valence-electron chi connectivity index (χ4n) is 1.30. The van der Waals surface area contributed by atoms with E-state index in [2.05, 4.69) is 30.3 Å². The van der Waals surface area contributed by atoms with Crippen molar-refractivity contribution in [3.8, 4) is 0 Å². The van der Waals surface area contributed by atoms with Crippen molar-refractivity contribution >= 4 is 33.8 Å². The van der Waals surface area contributed by atoms with Gasteiger partial charge < -0.3 is 5.73 Å². The first kappa shape index (κ1) is 10.5. The molecule has 3 heteroatoms. The van der Waals surface area contributed by atoms with Crippen LogP contribution in [-0.4, -0.2) is 6.54 Å². The summed E-state index contributed by atoms with van der Waals surface area (Å²) in [6, 6.07) is 10.7. The molecular formula is C10H12ClNS. The molecule has 0 atom stereocenters. The van der Waals surface area contributed by atoms with Crippen LogP contribution >= 0.6 is 23.7 Å². The summed E-state index contributed by atoms with van der Waals surface area (Å²) in [6.45, 7) is 0.743. The molecule has 2 aromatic rings. The van der Waals surface area contributed by atoms with Crippen LogP contribution in [0.5, 0.6) is 0 Å². The van der Waals surface area contributed by atoms with Crippen LogP contribution in [0.15, 0.2) is 30.3 Å². The number of nitrogens with two attached hydrogens (primary N) is 1. The molecule has 1 aromatic heterocycles. The van der Waals surface area contributed by atoms with E-state index in [1.54, 1.807) is 0 Å². The lowest BCUT2D eigenvalue weighted by atomic mass is 10.2. The number of rotatable bonds is 2. The Morgan fingerprint density at radius 1 is 1.23 bits per heavy atom. The van der Waals surface area contributed by atoms with Gasteiger partial charge in [-0.05, 0) is 30.5 Å². The summed E-state index contributed by atoms with van der Waals surface area (Å²) < 4.78 is 1.36. The van der Waals surface area contributed by atoms with Crippen LogP contribution in [0.4, 0.5) is 0 Å². The molecule has 0 saturated heterocycles. The minimum Gasteiger partial charge on any atom is -0.330 e. The maximum Gasteiger partial charge on any atom is 0.0345 e. The van der Waals surface area contributed by atoms with E-state index < -0.39 is 0 Å². The van der Waals surface area contributed by atoms with Gasteiger partial charge >= 0.3 is 0 Å². The van der Waals surface area contributed by atoms with Gasteiger partial charge in [0.15, 0.2) is 0 Å². The molecule has 0 fully saturated rings. The van der Waals surface area contributed by atoms with E-state index in [9.17, 15) is 0 Å². The Hall–Kier alpha value is -0.570. The first-order valence-electron chi connectivity index (χ1n) is 4.07.